The van der Waals surface area contributed by atoms with Crippen LogP contribution in [0.2, 0.25) is 0 Å². The number of nitrogens with one attached hydrogen (secondary N) is 6. The number of Topliss-reactive ketones (excluding diaryl/α,β-unsaturated/α-hetero) is 4. The maximum atomic E-state index is 11.4. The number of esters is 4. The molecule has 0 fully saturated rings. The first kappa shape index (κ1) is 99.0. The van der Waals surface area contributed by atoms with E-state index in [-0.39, 0.29) is 153 Å². The van der Waals surface area contributed by atoms with Crippen LogP contribution in [-0.2, 0) is 62.1 Å². The minimum absolute atomic E-state index is 0. The molecule has 26 nitrogen and oxygen atoms in total. The highest BCUT2D eigenvalue weighted by Gasteiger charge is 2.18. The van der Waals surface area contributed by atoms with Crippen LogP contribution in [0.4, 0.5) is 9.59 Å². The van der Waals surface area contributed by atoms with Crippen molar-refractivity contribution < 1.29 is 87.2 Å². The molecule has 0 rings (SSSR count). The van der Waals surface area contributed by atoms with Crippen LogP contribution in [0.15, 0.2) is 0 Å². The van der Waals surface area contributed by atoms with Crippen LogP contribution in [0.5, 0.6) is 0 Å². The largest absolute Gasteiger partial charge is 0.481 e. The van der Waals surface area contributed by atoms with Crippen molar-refractivity contribution in [2.24, 2.45) is 35.1 Å². The molecule has 0 spiro atoms. The molecule has 2 amide bonds. The van der Waals surface area contributed by atoms with Crippen molar-refractivity contribution in [3.05, 3.63) is 0 Å². The second kappa shape index (κ2) is 68.1. The second-order valence-corrected chi connectivity index (χ2v) is 19.2. The molecule has 0 aliphatic heterocycles. The first-order valence-corrected chi connectivity index (χ1v) is 27.1. The summed E-state index contributed by atoms with van der Waals surface area (Å²) in [5, 5.41) is 36.6. The number of ether oxygens (including phenoxy) is 4. The third-order valence-electron chi connectivity index (χ3n) is 10.7. The summed E-state index contributed by atoms with van der Waals surface area (Å²) in [5.41, 5.74) is 15.1. The zero-order chi connectivity index (χ0) is 62.4. The average Bonchev–Trinajstić information content (AvgIpc) is 3.39. The molecule has 32 heteroatoms. The normalized spacial score (nSPS) is 12.3. The van der Waals surface area contributed by atoms with E-state index in [0.29, 0.717) is 45.4 Å². The Labute approximate surface area is 525 Å². The standard InChI is InChI=1S/C12H24N2O4.C11H18BNO4.C11H23N3O4.C10H19NO3.C8H14BNO3.4ClH/c1-9(12(16)18-8-10(2)15)6-4-5-7-13-11(3)14-17;1-8(10(15)17-7-9(2)14)5-3-4-6-13-11(12)16;1-8(15)7-18-11(16)10(12)5-3-4-6-13-9(2)14-17;1-8(5-3-4-6-11)10(13)14-7-9(2)12;1-6(7(11)12)4-2-3-5-10-8(9)13;;;;/h9,11,13-14,17H,4-8H2,1-3H3;8H,3-7H2,1-2H3,(H,13,16);9-10,13-14,17H,3-7,12H2,1-2H3;8H,3-7,11H2,1-2H3;6H,2-5H2,1H3,(H,10,13)(H,11,12);4*1H/t9-,11?;8-;9?,10-;8-;6-;;;;/m00000..../s1. The van der Waals surface area contributed by atoms with Crippen molar-refractivity contribution in [3.63, 3.8) is 0 Å². The Bertz CT molecular complexity index is 1710. The molecule has 0 saturated heterocycles. The Morgan fingerprint density at radius 1 is 0.417 bits per heavy atom. The Balaban J connectivity index is -0.000000119. The fourth-order valence-corrected chi connectivity index (χ4v) is 5.78. The van der Waals surface area contributed by atoms with Gasteiger partial charge in [0.25, 0.3) is 0 Å². The van der Waals surface area contributed by atoms with Crippen LogP contribution in [0.1, 0.15) is 166 Å². The Morgan fingerprint density at radius 2 is 0.679 bits per heavy atom. The van der Waals surface area contributed by atoms with Gasteiger partial charge in [0, 0.05) is 13.1 Å². The van der Waals surface area contributed by atoms with Gasteiger partial charge in [0.1, 0.15) is 32.5 Å². The van der Waals surface area contributed by atoms with Crippen LogP contribution in [-0.4, -0.2) is 173 Å². The van der Waals surface area contributed by atoms with E-state index in [1.807, 2.05) is 6.92 Å². The van der Waals surface area contributed by atoms with Gasteiger partial charge in [-0.3, -0.25) is 52.7 Å². The lowest BCUT2D eigenvalue weighted by atomic mass is 10.0. The summed E-state index contributed by atoms with van der Waals surface area (Å²) < 4.78 is 19.1. The Kier molecular flexibility index (Phi) is 80.2. The minimum Gasteiger partial charge on any atom is -0.481 e. The van der Waals surface area contributed by atoms with Crippen molar-refractivity contribution in [1.29, 1.82) is 0 Å². The predicted octanol–water partition coefficient (Wildman–Crippen LogP) is 4.50. The Morgan fingerprint density at radius 3 is 0.940 bits per heavy atom. The zero-order valence-electron chi connectivity index (χ0n) is 50.9. The van der Waals surface area contributed by atoms with Crippen LogP contribution >= 0.6 is 49.6 Å². The quantitative estimate of drug-likeness (QED) is 0.0100. The molecule has 492 valence electrons. The van der Waals surface area contributed by atoms with Crippen LogP contribution in [0.3, 0.4) is 0 Å². The SMILES string of the molecule is CC(=O)COC(=O)[C@@H](C)CCCCN.CC(=O)COC(=O)[C@@H](C)CCCCNC(C)NO.CC(=O)COC(=O)[C@@H](N)CCCCNC(C)NO.Cl.Cl.Cl.Cl.[B]C(=O)NCCCC[C@H](C)C(=O)O.[B]C(=O)NCCCC[C@H](C)C(=O)OCC(C)=O. The molecular formula is C52H102B2Cl4N8O18. The smallest absolute Gasteiger partial charge is 0.323 e. The maximum absolute atomic E-state index is 11.4. The van der Waals surface area contributed by atoms with Crippen LogP contribution in [0.25, 0.3) is 0 Å². The zero-order valence-corrected chi connectivity index (χ0v) is 54.2. The van der Waals surface area contributed by atoms with E-state index in [0.717, 1.165) is 83.6 Å². The number of rotatable bonds is 41. The summed E-state index contributed by atoms with van der Waals surface area (Å²) in [4.78, 5) is 119. The number of hydrogen-bond donors (Lipinski definition) is 11. The molecule has 13 N–H and O–H groups in total. The highest BCUT2D eigenvalue weighted by atomic mass is 35.5. The average molecular weight is 1290 g/mol. The van der Waals surface area contributed by atoms with Crippen molar-refractivity contribution in [2.45, 2.75) is 184 Å². The highest BCUT2D eigenvalue weighted by Crippen LogP contribution is 2.12. The van der Waals surface area contributed by atoms with Crippen molar-refractivity contribution >= 4 is 130 Å². The molecule has 7 atom stereocenters. The van der Waals surface area contributed by atoms with Gasteiger partial charge >= 0.3 is 29.8 Å². The third kappa shape index (κ3) is 77.9. The number of carbonyl (C=O) groups excluding carboxylic acids is 10. The molecule has 0 aromatic rings. The van der Waals surface area contributed by atoms with Crippen LogP contribution in [0, 0.1) is 23.7 Å². The number of hydroxylamine groups is 2. The van der Waals surface area contributed by atoms with Gasteiger partial charge in [-0.1, -0.05) is 59.8 Å². The lowest BCUT2D eigenvalue weighted by Crippen LogP contribution is -2.38. The summed E-state index contributed by atoms with van der Waals surface area (Å²) in [6.45, 7) is 18.6. The fraction of sp³-hybridized carbons (Fsp3) is 0.788. The molecule has 0 aromatic carbocycles. The fourth-order valence-electron chi connectivity index (χ4n) is 5.78. The summed E-state index contributed by atoms with van der Waals surface area (Å²) >= 11 is 0. The monoisotopic (exact) mass is 1290 g/mol. The van der Waals surface area contributed by atoms with Gasteiger partial charge in [0.05, 0.1) is 36.0 Å². The molecule has 2 unspecified atom stereocenters. The molecular weight excluding hydrogens is 1190 g/mol. The first-order valence-electron chi connectivity index (χ1n) is 27.1. The van der Waals surface area contributed by atoms with E-state index < -0.39 is 29.6 Å². The van der Waals surface area contributed by atoms with E-state index in [1.54, 1.807) is 34.6 Å². The number of amides is 2. The summed E-state index contributed by atoms with van der Waals surface area (Å²) in [6, 6.07) is -0.683. The van der Waals surface area contributed by atoms with E-state index in [1.165, 1.54) is 27.7 Å². The van der Waals surface area contributed by atoms with Crippen LogP contribution < -0.4 is 43.7 Å². The molecule has 0 saturated carbocycles. The summed E-state index contributed by atoms with van der Waals surface area (Å²) in [5.74, 6) is -4.88. The van der Waals surface area contributed by atoms with Gasteiger partial charge in [0.2, 0.25) is 0 Å². The number of hydrogen-bond acceptors (Lipinski definition) is 23. The van der Waals surface area contributed by atoms with Gasteiger partial charge < -0.3 is 67.2 Å². The Hall–Kier alpha value is -4.06. The summed E-state index contributed by atoms with van der Waals surface area (Å²) in [7, 11) is 9.73. The summed E-state index contributed by atoms with van der Waals surface area (Å²) in [6.07, 6.45) is 11.4. The number of aliphatic carboxylic acids is 1. The molecule has 0 aromatic heterocycles. The number of carbonyl (C=O) groups is 11. The first-order chi connectivity index (χ1) is 37.5. The maximum Gasteiger partial charge on any atom is 0.323 e. The number of unbranched alkanes of at least 4 members (excludes halogenated alkanes) is 5. The van der Waals surface area contributed by atoms with Crippen molar-refractivity contribution in [3.8, 4) is 0 Å². The molecule has 0 aliphatic rings. The van der Waals surface area contributed by atoms with Gasteiger partial charge in [-0.25, -0.2) is 0 Å². The molecule has 0 heterocycles. The lowest BCUT2D eigenvalue weighted by molar-refractivity contribution is -0.151. The van der Waals surface area contributed by atoms with Gasteiger partial charge in [0.15, 0.2) is 50.4 Å². The number of halogens is 4. The second-order valence-electron chi connectivity index (χ2n) is 19.2. The number of carboxylic acid groups (broad SMARTS) is 1. The number of ketones is 4. The van der Waals surface area contributed by atoms with Gasteiger partial charge in [-0.15, -0.1) is 49.6 Å². The van der Waals surface area contributed by atoms with E-state index in [4.69, 9.17) is 61.6 Å². The lowest BCUT2D eigenvalue weighted by Gasteiger charge is -2.12. The topological polar surface area (TPSA) is 410 Å². The molecule has 84 heavy (non-hydrogen) atoms. The predicted molar refractivity (Wildman–Crippen MR) is 329 cm³/mol. The number of nitrogens with two attached hydrogens (primary N) is 2. The third-order valence-corrected chi connectivity index (χ3v) is 10.7. The van der Waals surface area contributed by atoms with Gasteiger partial charge in [-0.05, 0) is 125 Å². The highest BCUT2D eigenvalue weighted by molar-refractivity contribution is 6.57. The van der Waals surface area contributed by atoms with E-state index in [9.17, 15) is 52.7 Å². The molecule has 0 bridgehead atoms. The number of carboxylic acids is 1. The van der Waals surface area contributed by atoms with Crippen molar-refractivity contribution in [1.82, 2.24) is 32.2 Å². The van der Waals surface area contributed by atoms with Gasteiger partial charge in [-0.2, -0.15) is 11.0 Å². The van der Waals surface area contributed by atoms with E-state index >= 15 is 0 Å². The molecule has 0 aliphatic carbocycles. The van der Waals surface area contributed by atoms with E-state index in [2.05, 4.69) is 32.2 Å². The minimum atomic E-state index is -0.775. The molecule has 4 radical (unpaired) electrons. The van der Waals surface area contributed by atoms with Crippen molar-refractivity contribution in [2.75, 3.05) is 59.2 Å².